The molecule has 4 heteroatoms. The Labute approximate surface area is 73.1 Å². The van der Waals surface area contributed by atoms with Gasteiger partial charge in [0.15, 0.2) is 0 Å². The van der Waals surface area contributed by atoms with Crippen LogP contribution in [0.5, 0.6) is 0 Å². The third-order valence-corrected chi connectivity index (χ3v) is 1.41. The molecular formula is C8H16N2O2. The normalized spacial score (nSPS) is 15.2. The van der Waals surface area contributed by atoms with Crippen molar-refractivity contribution in [3.8, 4) is 6.07 Å². The lowest BCUT2D eigenvalue weighted by molar-refractivity contribution is 0.0644. The van der Waals surface area contributed by atoms with Gasteiger partial charge in [0.05, 0.1) is 24.7 Å². The monoisotopic (exact) mass is 172 g/mol. The smallest absolute Gasteiger partial charge is 0.0897 e. The Bertz CT molecular complexity index is 144. The fraction of sp³-hybridized carbons (Fsp3) is 0.875. The van der Waals surface area contributed by atoms with Crippen molar-refractivity contribution in [2.75, 3.05) is 26.8 Å². The van der Waals surface area contributed by atoms with Crippen molar-refractivity contribution >= 4 is 0 Å². The van der Waals surface area contributed by atoms with Crippen molar-refractivity contribution in [2.24, 2.45) is 5.92 Å². The Morgan fingerprint density at radius 1 is 1.58 bits per heavy atom. The van der Waals surface area contributed by atoms with Gasteiger partial charge >= 0.3 is 0 Å². The standard InChI is InChI=1S/C8H16N2O2/c1-7(3-9)4-10-5-8(11)6-12-2/h7-8,10-11H,4-6H2,1-2H3. The first kappa shape index (κ1) is 11.4. The number of hydrogen-bond acceptors (Lipinski definition) is 4. The molecule has 0 rings (SSSR count). The van der Waals surface area contributed by atoms with E-state index in [4.69, 9.17) is 15.1 Å². The van der Waals surface area contributed by atoms with Crippen molar-refractivity contribution < 1.29 is 9.84 Å². The van der Waals surface area contributed by atoms with Gasteiger partial charge in [-0.15, -0.1) is 0 Å². The molecule has 0 aromatic heterocycles. The highest BCUT2D eigenvalue weighted by Gasteiger charge is 2.03. The van der Waals surface area contributed by atoms with Gasteiger partial charge in [-0.05, 0) is 6.92 Å². The van der Waals surface area contributed by atoms with Crippen LogP contribution < -0.4 is 5.32 Å². The fourth-order valence-corrected chi connectivity index (χ4v) is 0.763. The van der Waals surface area contributed by atoms with Crippen molar-refractivity contribution in [2.45, 2.75) is 13.0 Å². The number of aliphatic hydroxyl groups is 1. The summed E-state index contributed by atoms with van der Waals surface area (Å²) in [6.45, 7) is 3.24. The zero-order valence-corrected chi connectivity index (χ0v) is 7.58. The zero-order valence-electron chi connectivity index (χ0n) is 7.58. The molecule has 0 aliphatic rings. The molecule has 0 saturated carbocycles. The summed E-state index contributed by atoms with van der Waals surface area (Å²) in [6, 6.07) is 2.10. The third-order valence-electron chi connectivity index (χ3n) is 1.41. The molecule has 0 aromatic rings. The van der Waals surface area contributed by atoms with E-state index in [2.05, 4.69) is 11.4 Å². The third kappa shape index (κ3) is 6.10. The van der Waals surface area contributed by atoms with E-state index in [0.717, 1.165) is 0 Å². The Balaban J connectivity index is 3.25. The summed E-state index contributed by atoms with van der Waals surface area (Å²) in [5.74, 6) is -0.0141. The summed E-state index contributed by atoms with van der Waals surface area (Å²) in [5, 5.41) is 20.6. The quantitative estimate of drug-likeness (QED) is 0.579. The lowest BCUT2D eigenvalue weighted by Crippen LogP contribution is -2.32. The van der Waals surface area contributed by atoms with Crippen LogP contribution in [0, 0.1) is 17.2 Å². The minimum atomic E-state index is -0.485. The van der Waals surface area contributed by atoms with E-state index in [9.17, 15) is 0 Å². The number of nitrogens with zero attached hydrogens (tertiary/aromatic N) is 1. The largest absolute Gasteiger partial charge is 0.389 e. The highest BCUT2D eigenvalue weighted by atomic mass is 16.5. The van der Waals surface area contributed by atoms with Gasteiger partial charge in [0.25, 0.3) is 0 Å². The fourth-order valence-electron chi connectivity index (χ4n) is 0.763. The average molecular weight is 172 g/mol. The Kier molecular flexibility index (Phi) is 6.67. The molecule has 0 aliphatic heterocycles. The van der Waals surface area contributed by atoms with Gasteiger partial charge in [0.1, 0.15) is 0 Å². The Hall–Kier alpha value is -0.630. The van der Waals surface area contributed by atoms with Crippen molar-refractivity contribution in [3.05, 3.63) is 0 Å². The van der Waals surface area contributed by atoms with E-state index in [0.29, 0.717) is 19.7 Å². The average Bonchev–Trinajstić information content (AvgIpc) is 2.04. The van der Waals surface area contributed by atoms with Crippen LogP contribution in [0.3, 0.4) is 0 Å². The summed E-state index contributed by atoms with van der Waals surface area (Å²) < 4.78 is 4.73. The molecule has 0 bridgehead atoms. The van der Waals surface area contributed by atoms with Crippen LogP contribution >= 0.6 is 0 Å². The number of methoxy groups -OCH3 is 1. The number of hydrogen-bond donors (Lipinski definition) is 2. The molecule has 4 nitrogen and oxygen atoms in total. The van der Waals surface area contributed by atoms with E-state index in [1.54, 1.807) is 7.11 Å². The van der Waals surface area contributed by atoms with Gasteiger partial charge in [-0.3, -0.25) is 0 Å². The van der Waals surface area contributed by atoms with Crippen LogP contribution in [0.2, 0.25) is 0 Å². The molecule has 0 fully saturated rings. The van der Waals surface area contributed by atoms with Crippen LogP contribution in [-0.2, 0) is 4.74 Å². The number of ether oxygens (including phenoxy) is 1. The van der Waals surface area contributed by atoms with Gasteiger partial charge in [-0.1, -0.05) is 0 Å². The SMILES string of the molecule is COCC(O)CNCC(C)C#N. The summed E-state index contributed by atoms with van der Waals surface area (Å²) in [6.07, 6.45) is -0.485. The minimum absolute atomic E-state index is 0.0141. The first-order valence-electron chi connectivity index (χ1n) is 3.98. The van der Waals surface area contributed by atoms with Crippen molar-refractivity contribution in [1.82, 2.24) is 5.32 Å². The lowest BCUT2D eigenvalue weighted by Gasteiger charge is -2.10. The van der Waals surface area contributed by atoms with Crippen LogP contribution in [0.15, 0.2) is 0 Å². The molecule has 12 heavy (non-hydrogen) atoms. The molecule has 0 aliphatic carbocycles. The summed E-state index contributed by atoms with van der Waals surface area (Å²) >= 11 is 0. The van der Waals surface area contributed by atoms with E-state index in [1.165, 1.54) is 0 Å². The topological polar surface area (TPSA) is 65.3 Å². The van der Waals surface area contributed by atoms with Gasteiger partial charge in [-0.25, -0.2) is 0 Å². The molecule has 0 radical (unpaired) electrons. The molecule has 2 unspecified atom stereocenters. The summed E-state index contributed by atoms with van der Waals surface area (Å²) in [7, 11) is 1.54. The second-order valence-corrected chi connectivity index (χ2v) is 2.80. The molecule has 70 valence electrons. The molecule has 0 amide bonds. The van der Waals surface area contributed by atoms with Crippen LogP contribution in [0.1, 0.15) is 6.92 Å². The molecule has 0 spiro atoms. The van der Waals surface area contributed by atoms with E-state index >= 15 is 0 Å². The molecule has 0 heterocycles. The number of nitrogens with one attached hydrogen (secondary N) is 1. The highest BCUT2D eigenvalue weighted by molar-refractivity contribution is 4.80. The highest BCUT2D eigenvalue weighted by Crippen LogP contribution is 1.88. The second-order valence-electron chi connectivity index (χ2n) is 2.80. The second kappa shape index (κ2) is 7.04. The number of aliphatic hydroxyl groups excluding tert-OH is 1. The van der Waals surface area contributed by atoms with E-state index in [-0.39, 0.29) is 5.92 Å². The Morgan fingerprint density at radius 3 is 2.75 bits per heavy atom. The molecule has 0 aromatic carbocycles. The first-order valence-corrected chi connectivity index (χ1v) is 3.98. The van der Waals surface area contributed by atoms with Crippen molar-refractivity contribution in [3.63, 3.8) is 0 Å². The molecular weight excluding hydrogens is 156 g/mol. The summed E-state index contributed by atoms with van der Waals surface area (Å²) in [4.78, 5) is 0. The van der Waals surface area contributed by atoms with Crippen LogP contribution in [0.25, 0.3) is 0 Å². The van der Waals surface area contributed by atoms with E-state index < -0.39 is 6.10 Å². The van der Waals surface area contributed by atoms with Gasteiger partial charge < -0.3 is 15.2 Å². The molecule has 2 atom stereocenters. The predicted octanol–water partition coefficient (Wildman–Crippen LogP) is -0.257. The Morgan fingerprint density at radius 2 is 2.25 bits per heavy atom. The maximum absolute atomic E-state index is 9.16. The maximum atomic E-state index is 9.16. The molecule has 0 saturated heterocycles. The zero-order chi connectivity index (χ0) is 9.40. The predicted molar refractivity (Wildman–Crippen MR) is 45.5 cm³/mol. The number of nitriles is 1. The minimum Gasteiger partial charge on any atom is -0.389 e. The van der Waals surface area contributed by atoms with Crippen LogP contribution in [-0.4, -0.2) is 38.0 Å². The van der Waals surface area contributed by atoms with E-state index in [1.807, 2.05) is 6.92 Å². The van der Waals surface area contributed by atoms with Crippen molar-refractivity contribution in [1.29, 1.82) is 5.26 Å². The van der Waals surface area contributed by atoms with Gasteiger partial charge in [0.2, 0.25) is 0 Å². The number of rotatable bonds is 6. The van der Waals surface area contributed by atoms with Gasteiger partial charge in [-0.2, -0.15) is 5.26 Å². The van der Waals surface area contributed by atoms with Crippen LogP contribution in [0.4, 0.5) is 0 Å². The lowest BCUT2D eigenvalue weighted by atomic mass is 10.2. The maximum Gasteiger partial charge on any atom is 0.0897 e. The summed E-state index contributed by atoms with van der Waals surface area (Å²) in [5.41, 5.74) is 0. The first-order chi connectivity index (χ1) is 5.70. The molecule has 2 N–H and O–H groups in total. The van der Waals surface area contributed by atoms with Gasteiger partial charge in [0, 0.05) is 20.2 Å².